The molecular formula is C14H21NO3. The van der Waals surface area contributed by atoms with E-state index in [4.69, 9.17) is 4.74 Å². The predicted octanol–water partition coefficient (Wildman–Crippen LogP) is 1.58. The number of carbonyl (C=O) groups excluding carboxylic acids is 1. The summed E-state index contributed by atoms with van der Waals surface area (Å²) in [7, 11) is 3.36. The third-order valence-electron chi connectivity index (χ3n) is 2.48. The summed E-state index contributed by atoms with van der Waals surface area (Å²) in [6, 6.07) is 7.16. The zero-order chi connectivity index (χ0) is 13.8. The Morgan fingerprint density at radius 2 is 2.00 bits per heavy atom. The maximum Gasteiger partial charge on any atom is 0.180 e. The number of rotatable bonds is 6. The first kappa shape index (κ1) is 14.7. The van der Waals surface area contributed by atoms with Gasteiger partial charge < -0.3 is 9.84 Å². The summed E-state index contributed by atoms with van der Waals surface area (Å²) in [6.07, 6.45) is 0. The zero-order valence-corrected chi connectivity index (χ0v) is 11.4. The van der Waals surface area contributed by atoms with Crippen LogP contribution in [0.15, 0.2) is 24.3 Å². The summed E-state index contributed by atoms with van der Waals surface area (Å²) in [5.41, 5.74) is -0.238. The second kappa shape index (κ2) is 5.98. The summed E-state index contributed by atoms with van der Waals surface area (Å²) >= 11 is 0. The molecule has 4 heteroatoms. The Balaban J connectivity index is 2.71. The molecule has 0 radical (unpaired) electrons. The predicted molar refractivity (Wildman–Crippen MR) is 71.1 cm³/mol. The maximum atomic E-state index is 12.1. The Kier molecular flexibility index (Phi) is 4.87. The number of para-hydroxylation sites is 1. The molecule has 0 unspecified atom stereocenters. The molecule has 0 bridgehead atoms. The number of carbonyl (C=O) groups is 1. The number of Topliss-reactive ketones (excluding diaryl/α,β-unsaturated/α-hetero) is 1. The molecule has 0 heterocycles. The van der Waals surface area contributed by atoms with E-state index >= 15 is 0 Å². The van der Waals surface area contributed by atoms with E-state index < -0.39 is 5.60 Å². The van der Waals surface area contributed by atoms with E-state index in [0.29, 0.717) is 17.9 Å². The van der Waals surface area contributed by atoms with Gasteiger partial charge in [0, 0.05) is 6.54 Å². The standard InChI is InChI=1S/C14H21NO3/c1-14(2,17)10-15(3)9-12(16)11-7-5-6-8-13(11)18-4/h5-8,17H,9-10H2,1-4H3. The fourth-order valence-corrected chi connectivity index (χ4v) is 1.92. The zero-order valence-electron chi connectivity index (χ0n) is 11.4. The van der Waals surface area contributed by atoms with E-state index in [-0.39, 0.29) is 12.3 Å². The van der Waals surface area contributed by atoms with Crippen molar-refractivity contribution in [2.24, 2.45) is 0 Å². The fourth-order valence-electron chi connectivity index (χ4n) is 1.92. The molecule has 0 amide bonds. The molecular weight excluding hydrogens is 230 g/mol. The van der Waals surface area contributed by atoms with Crippen molar-refractivity contribution in [2.45, 2.75) is 19.4 Å². The van der Waals surface area contributed by atoms with Gasteiger partial charge in [0.2, 0.25) is 0 Å². The molecule has 1 rings (SSSR count). The molecule has 1 aromatic carbocycles. The minimum absolute atomic E-state index is 0.0146. The van der Waals surface area contributed by atoms with Gasteiger partial charge in [-0.1, -0.05) is 12.1 Å². The topological polar surface area (TPSA) is 49.8 Å². The summed E-state index contributed by atoms with van der Waals surface area (Å²) in [5, 5.41) is 9.69. The largest absolute Gasteiger partial charge is 0.496 e. The van der Waals surface area contributed by atoms with Crippen molar-refractivity contribution in [3.05, 3.63) is 29.8 Å². The second-order valence-electron chi connectivity index (χ2n) is 5.11. The number of aliphatic hydroxyl groups is 1. The first-order valence-corrected chi connectivity index (χ1v) is 5.90. The van der Waals surface area contributed by atoms with Crippen LogP contribution in [0.1, 0.15) is 24.2 Å². The smallest absolute Gasteiger partial charge is 0.180 e. The molecule has 100 valence electrons. The maximum absolute atomic E-state index is 12.1. The highest BCUT2D eigenvalue weighted by molar-refractivity contribution is 6.00. The Morgan fingerprint density at radius 1 is 1.39 bits per heavy atom. The van der Waals surface area contributed by atoms with Gasteiger partial charge in [-0.2, -0.15) is 0 Å². The average molecular weight is 251 g/mol. The fraction of sp³-hybridized carbons (Fsp3) is 0.500. The molecule has 18 heavy (non-hydrogen) atoms. The Morgan fingerprint density at radius 3 is 2.56 bits per heavy atom. The number of hydrogen-bond acceptors (Lipinski definition) is 4. The van der Waals surface area contributed by atoms with Crippen molar-refractivity contribution in [3.8, 4) is 5.75 Å². The van der Waals surface area contributed by atoms with Crippen LogP contribution >= 0.6 is 0 Å². The molecule has 0 saturated carbocycles. The molecule has 0 aliphatic carbocycles. The molecule has 4 nitrogen and oxygen atoms in total. The molecule has 0 aromatic heterocycles. The second-order valence-corrected chi connectivity index (χ2v) is 5.11. The van der Waals surface area contributed by atoms with E-state index in [1.807, 2.05) is 19.2 Å². The molecule has 0 aliphatic rings. The van der Waals surface area contributed by atoms with Crippen molar-refractivity contribution >= 4 is 5.78 Å². The van der Waals surface area contributed by atoms with Gasteiger partial charge >= 0.3 is 0 Å². The lowest BCUT2D eigenvalue weighted by Gasteiger charge is -2.24. The van der Waals surface area contributed by atoms with Crippen LogP contribution in [0.4, 0.5) is 0 Å². The first-order chi connectivity index (χ1) is 8.33. The number of hydrogen-bond donors (Lipinski definition) is 1. The van der Waals surface area contributed by atoms with E-state index in [9.17, 15) is 9.90 Å². The third kappa shape index (κ3) is 4.47. The monoisotopic (exact) mass is 251 g/mol. The number of methoxy groups -OCH3 is 1. The third-order valence-corrected chi connectivity index (χ3v) is 2.48. The number of ether oxygens (including phenoxy) is 1. The van der Waals surface area contributed by atoms with Crippen molar-refractivity contribution in [2.75, 3.05) is 27.2 Å². The van der Waals surface area contributed by atoms with Gasteiger partial charge in [-0.15, -0.1) is 0 Å². The summed E-state index contributed by atoms with van der Waals surface area (Å²) in [6.45, 7) is 4.13. The van der Waals surface area contributed by atoms with E-state index in [1.165, 1.54) is 0 Å². The molecule has 1 aromatic rings. The highest BCUT2D eigenvalue weighted by Gasteiger charge is 2.19. The minimum Gasteiger partial charge on any atom is -0.496 e. The lowest BCUT2D eigenvalue weighted by Crippen LogP contribution is -2.38. The van der Waals surface area contributed by atoms with Crippen molar-refractivity contribution in [1.82, 2.24) is 4.90 Å². The van der Waals surface area contributed by atoms with Crippen molar-refractivity contribution < 1.29 is 14.6 Å². The minimum atomic E-state index is -0.810. The van der Waals surface area contributed by atoms with Crippen molar-refractivity contribution in [3.63, 3.8) is 0 Å². The number of ketones is 1. The Labute approximate surface area is 108 Å². The Bertz CT molecular complexity index is 410. The number of benzene rings is 1. The number of likely N-dealkylation sites (N-methyl/N-ethyl adjacent to an activating group) is 1. The van der Waals surface area contributed by atoms with Crippen LogP contribution in [-0.4, -0.2) is 48.6 Å². The van der Waals surface area contributed by atoms with Crippen LogP contribution in [0.5, 0.6) is 5.75 Å². The average Bonchev–Trinajstić information content (AvgIpc) is 2.26. The highest BCUT2D eigenvalue weighted by atomic mass is 16.5. The normalized spacial score (nSPS) is 11.7. The molecule has 0 saturated heterocycles. The molecule has 0 atom stereocenters. The van der Waals surface area contributed by atoms with Gasteiger partial charge in [0.05, 0.1) is 24.8 Å². The summed E-state index contributed by atoms with van der Waals surface area (Å²) < 4.78 is 5.16. The first-order valence-electron chi connectivity index (χ1n) is 5.90. The van der Waals surface area contributed by atoms with Crippen molar-refractivity contribution in [1.29, 1.82) is 0 Å². The SMILES string of the molecule is COc1ccccc1C(=O)CN(C)CC(C)(C)O. The Hall–Kier alpha value is -1.39. The van der Waals surface area contributed by atoms with Crippen LogP contribution in [0.25, 0.3) is 0 Å². The molecule has 0 spiro atoms. The van der Waals surface area contributed by atoms with Gasteiger partial charge in [-0.05, 0) is 33.0 Å². The van der Waals surface area contributed by atoms with Crippen LogP contribution in [-0.2, 0) is 0 Å². The lowest BCUT2D eigenvalue weighted by molar-refractivity contribution is 0.0439. The van der Waals surface area contributed by atoms with Gasteiger partial charge in [0.1, 0.15) is 5.75 Å². The van der Waals surface area contributed by atoms with Crippen LogP contribution in [0.2, 0.25) is 0 Å². The van der Waals surface area contributed by atoms with Gasteiger partial charge in [0.15, 0.2) is 5.78 Å². The molecule has 0 aliphatic heterocycles. The lowest BCUT2D eigenvalue weighted by atomic mass is 10.1. The van der Waals surface area contributed by atoms with Gasteiger partial charge in [0.25, 0.3) is 0 Å². The summed E-state index contributed by atoms with van der Waals surface area (Å²) in [4.78, 5) is 13.9. The van der Waals surface area contributed by atoms with E-state index in [1.54, 1.807) is 38.0 Å². The number of nitrogens with zero attached hydrogens (tertiary/aromatic N) is 1. The van der Waals surface area contributed by atoms with E-state index in [2.05, 4.69) is 0 Å². The van der Waals surface area contributed by atoms with Crippen LogP contribution in [0.3, 0.4) is 0 Å². The molecule has 1 N–H and O–H groups in total. The highest BCUT2D eigenvalue weighted by Crippen LogP contribution is 2.18. The summed E-state index contributed by atoms with van der Waals surface area (Å²) in [5.74, 6) is 0.568. The van der Waals surface area contributed by atoms with Crippen LogP contribution in [0, 0.1) is 0 Å². The van der Waals surface area contributed by atoms with Crippen LogP contribution < -0.4 is 4.74 Å². The molecule has 0 fully saturated rings. The van der Waals surface area contributed by atoms with E-state index in [0.717, 1.165) is 0 Å². The van der Waals surface area contributed by atoms with Gasteiger partial charge in [-0.3, -0.25) is 9.69 Å². The van der Waals surface area contributed by atoms with Gasteiger partial charge in [-0.25, -0.2) is 0 Å². The quantitative estimate of drug-likeness (QED) is 0.780.